The summed E-state index contributed by atoms with van der Waals surface area (Å²) < 4.78 is 43.5. The van der Waals surface area contributed by atoms with Crippen molar-refractivity contribution in [1.82, 2.24) is 10.2 Å². The third-order valence-corrected chi connectivity index (χ3v) is 3.63. The Morgan fingerprint density at radius 1 is 1.38 bits per heavy atom. The number of benzene rings is 1. The van der Waals surface area contributed by atoms with Gasteiger partial charge < -0.3 is 10.1 Å². The molecule has 0 spiro atoms. The van der Waals surface area contributed by atoms with Gasteiger partial charge in [0.1, 0.15) is 0 Å². The first-order chi connectivity index (χ1) is 9.99. The molecule has 0 radical (unpaired) electrons. The van der Waals surface area contributed by atoms with E-state index in [-0.39, 0.29) is 6.10 Å². The number of nitrogens with zero attached hydrogens (tertiary/aromatic N) is 1. The van der Waals surface area contributed by atoms with Gasteiger partial charge in [0.05, 0.1) is 18.3 Å². The number of alkyl halides is 3. The van der Waals surface area contributed by atoms with Crippen LogP contribution < -0.4 is 5.32 Å². The molecule has 21 heavy (non-hydrogen) atoms. The summed E-state index contributed by atoms with van der Waals surface area (Å²) in [6, 6.07) is 5.41. The molecule has 1 saturated heterocycles. The van der Waals surface area contributed by atoms with Crippen molar-refractivity contribution in [3.8, 4) is 0 Å². The molecule has 1 aromatic rings. The third-order valence-electron chi connectivity index (χ3n) is 3.63. The first-order valence-electron chi connectivity index (χ1n) is 7.20. The van der Waals surface area contributed by atoms with Gasteiger partial charge in [-0.1, -0.05) is 25.1 Å². The monoisotopic (exact) mass is 302 g/mol. The highest BCUT2D eigenvalue weighted by Crippen LogP contribution is 2.29. The summed E-state index contributed by atoms with van der Waals surface area (Å²) in [5.74, 6) is 0. The maximum absolute atomic E-state index is 12.6. The van der Waals surface area contributed by atoms with E-state index in [4.69, 9.17) is 4.74 Å². The Morgan fingerprint density at radius 3 is 2.90 bits per heavy atom. The average Bonchev–Trinajstić information content (AvgIpc) is 2.47. The van der Waals surface area contributed by atoms with Crippen LogP contribution in [0.25, 0.3) is 0 Å². The number of likely N-dealkylation sites (N-methyl/N-ethyl adjacent to an activating group) is 1. The molecule has 1 aromatic carbocycles. The zero-order chi connectivity index (χ0) is 15.3. The molecule has 0 bridgehead atoms. The van der Waals surface area contributed by atoms with Crippen molar-refractivity contribution in [3.63, 3.8) is 0 Å². The fraction of sp³-hybridized carbons (Fsp3) is 0.600. The van der Waals surface area contributed by atoms with Gasteiger partial charge in [0.25, 0.3) is 0 Å². The SMILES string of the molecule is CCN1CCOC(CNCc2cccc(C(F)(F)F)c2)C1. The lowest BCUT2D eigenvalue weighted by molar-refractivity contribution is -0.137. The number of halogens is 3. The van der Waals surface area contributed by atoms with E-state index < -0.39 is 11.7 Å². The molecule has 1 heterocycles. The van der Waals surface area contributed by atoms with Crippen molar-refractivity contribution in [2.45, 2.75) is 25.7 Å². The number of ether oxygens (including phenoxy) is 1. The fourth-order valence-corrected chi connectivity index (χ4v) is 2.43. The molecule has 1 unspecified atom stereocenters. The summed E-state index contributed by atoms with van der Waals surface area (Å²) in [6.45, 7) is 6.69. The van der Waals surface area contributed by atoms with Gasteiger partial charge in [-0.2, -0.15) is 13.2 Å². The highest BCUT2D eigenvalue weighted by molar-refractivity contribution is 5.25. The standard InChI is InChI=1S/C15H21F3N2O/c1-2-20-6-7-21-14(11-20)10-19-9-12-4-3-5-13(8-12)15(16,17)18/h3-5,8,14,19H,2,6-7,9-11H2,1H3. The van der Waals surface area contributed by atoms with Crippen molar-refractivity contribution in [3.05, 3.63) is 35.4 Å². The Labute approximate surface area is 123 Å². The Balaban J connectivity index is 1.81. The topological polar surface area (TPSA) is 24.5 Å². The summed E-state index contributed by atoms with van der Waals surface area (Å²) in [5.41, 5.74) is 0.0286. The normalized spacial score (nSPS) is 20.7. The van der Waals surface area contributed by atoms with Gasteiger partial charge in [-0.15, -0.1) is 0 Å². The lowest BCUT2D eigenvalue weighted by Crippen LogP contribution is -2.46. The molecule has 0 saturated carbocycles. The maximum Gasteiger partial charge on any atom is 0.416 e. The van der Waals surface area contributed by atoms with E-state index in [0.29, 0.717) is 25.3 Å². The Kier molecular flexibility index (Phi) is 5.61. The van der Waals surface area contributed by atoms with Crippen LogP contribution in [0.5, 0.6) is 0 Å². The average molecular weight is 302 g/mol. The fourth-order valence-electron chi connectivity index (χ4n) is 2.43. The number of nitrogens with one attached hydrogen (secondary N) is 1. The number of rotatable bonds is 5. The molecule has 1 aliphatic rings. The summed E-state index contributed by atoms with van der Waals surface area (Å²) in [4.78, 5) is 2.31. The van der Waals surface area contributed by atoms with Crippen molar-refractivity contribution >= 4 is 0 Å². The van der Waals surface area contributed by atoms with E-state index in [9.17, 15) is 13.2 Å². The van der Waals surface area contributed by atoms with Crippen LogP contribution in [0.15, 0.2) is 24.3 Å². The van der Waals surface area contributed by atoms with Crippen LogP contribution >= 0.6 is 0 Å². The highest BCUT2D eigenvalue weighted by Gasteiger charge is 2.30. The number of hydrogen-bond acceptors (Lipinski definition) is 3. The first-order valence-corrected chi connectivity index (χ1v) is 7.20. The number of morpholine rings is 1. The van der Waals surface area contributed by atoms with Gasteiger partial charge in [0, 0.05) is 26.2 Å². The molecular formula is C15H21F3N2O. The second-order valence-electron chi connectivity index (χ2n) is 5.22. The second-order valence-corrected chi connectivity index (χ2v) is 5.22. The molecule has 1 aliphatic heterocycles. The van der Waals surface area contributed by atoms with Crippen LogP contribution in [-0.4, -0.2) is 43.8 Å². The Morgan fingerprint density at radius 2 is 2.19 bits per heavy atom. The molecular weight excluding hydrogens is 281 g/mol. The maximum atomic E-state index is 12.6. The lowest BCUT2D eigenvalue weighted by Gasteiger charge is -2.32. The van der Waals surface area contributed by atoms with Gasteiger partial charge in [0.15, 0.2) is 0 Å². The third kappa shape index (κ3) is 4.98. The van der Waals surface area contributed by atoms with Crippen LogP contribution in [0.2, 0.25) is 0 Å². The first kappa shape index (κ1) is 16.3. The minimum atomic E-state index is -4.29. The Bertz CT molecular complexity index is 451. The van der Waals surface area contributed by atoms with Crippen LogP contribution in [0, 0.1) is 0 Å². The van der Waals surface area contributed by atoms with E-state index in [0.717, 1.165) is 25.7 Å². The smallest absolute Gasteiger partial charge is 0.374 e. The van der Waals surface area contributed by atoms with Crippen molar-refractivity contribution in [1.29, 1.82) is 0 Å². The molecule has 6 heteroatoms. The van der Waals surface area contributed by atoms with Gasteiger partial charge in [-0.05, 0) is 18.2 Å². The van der Waals surface area contributed by atoms with Crippen LogP contribution in [0.1, 0.15) is 18.1 Å². The minimum absolute atomic E-state index is 0.101. The molecule has 2 rings (SSSR count). The molecule has 0 amide bonds. The lowest BCUT2D eigenvalue weighted by atomic mass is 10.1. The zero-order valence-electron chi connectivity index (χ0n) is 12.1. The summed E-state index contributed by atoms with van der Waals surface area (Å²) in [6.07, 6.45) is -4.19. The van der Waals surface area contributed by atoms with E-state index >= 15 is 0 Å². The number of hydrogen-bond donors (Lipinski definition) is 1. The van der Waals surface area contributed by atoms with Crippen molar-refractivity contribution < 1.29 is 17.9 Å². The van der Waals surface area contributed by atoms with Gasteiger partial charge in [-0.3, -0.25) is 4.90 Å². The summed E-state index contributed by atoms with van der Waals surface area (Å²) >= 11 is 0. The second kappa shape index (κ2) is 7.24. The molecule has 1 N–H and O–H groups in total. The molecule has 0 aromatic heterocycles. The molecule has 3 nitrogen and oxygen atoms in total. The van der Waals surface area contributed by atoms with Crippen LogP contribution in [0.3, 0.4) is 0 Å². The predicted molar refractivity (Wildman–Crippen MR) is 75.0 cm³/mol. The quantitative estimate of drug-likeness (QED) is 0.904. The summed E-state index contributed by atoms with van der Waals surface area (Å²) in [7, 11) is 0. The Hall–Kier alpha value is -1.11. The van der Waals surface area contributed by atoms with Gasteiger partial charge >= 0.3 is 6.18 Å². The van der Waals surface area contributed by atoms with Crippen molar-refractivity contribution in [2.75, 3.05) is 32.8 Å². The van der Waals surface area contributed by atoms with E-state index in [1.807, 2.05) is 0 Å². The van der Waals surface area contributed by atoms with E-state index in [2.05, 4.69) is 17.1 Å². The molecule has 1 fully saturated rings. The molecule has 1 atom stereocenters. The largest absolute Gasteiger partial charge is 0.416 e. The highest BCUT2D eigenvalue weighted by atomic mass is 19.4. The molecule has 118 valence electrons. The van der Waals surface area contributed by atoms with Crippen LogP contribution in [-0.2, 0) is 17.5 Å². The minimum Gasteiger partial charge on any atom is -0.374 e. The van der Waals surface area contributed by atoms with Gasteiger partial charge in [-0.25, -0.2) is 0 Å². The van der Waals surface area contributed by atoms with E-state index in [1.165, 1.54) is 12.1 Å². The van der Waals surface area contributed by atoms with Crippen LogP contribution in [0.4, 0.5) is 13.2 Å². The molecule has 0 aliphatic carbocycles. The van der Waals surface area contributed by atoms with E-state index in [1.54, 1.807) is 6.07 Å². The summed E-state index contributed by atoms with van der Waals surface area (Å²) in [5, 5.41) is 3.18. The van der Waals surface area contributed by atoms with Gasteiger partial charge in [0.2, 0.25) is 0 Å². The predicted octanol–water partition coefficient (Wildman–Crippen LogP) is 2.52. The zero-order valence-corrected chi connectivity index (χ0v) is 12.1. The van der Waals surface area contributed by atoms with Crippen molar-refractivity contribution in [2.24, 2.45) is 0 Å².